The number of ether oxygens (including phenoxy) is 1. The first kappa shape index (κ1) is 20.9. The molecule has 1 unspecified atom stereocenters. The lowest BCUT2D eigenvalue weighted by Crippen LogP contribution is -2.37. The second-order valence-corrected chi connectivity index (χ2v) is 7.70. The van der Waals surface area contributed by atoms with Crippen LogP contribution in [0.5, 0.6) is 5.75 Å². The fourth-order valence-electron chi connectivity index (χ4n) is 3.65. The Kier molecular flexibility index (Phi) is 6.52. The van der Waals surface area contributed by atoms with Crippen molar-refractivity contribution in [2.24, 2.45) is 5.10 Å². The Bertz CT molecular complexity index is 1010. The molecule has 1 aliphatic heterocycles. The Hall–Kier alpha value is -3.32. The molecular weight excluding hydrogens is 394 g/mol. The van der Waals surface area contributed by atoms with Crippen LogP contribution in [0.3, 0.4) is 0 Å². The Morgan fingerprint density at radius 2 is 1.97 bits per heavy atom. The molecule has 0 saturated heterocycles. The molecule has 3 aromatic rings. The number of benzene rings is 1. The summed E-state index contributed by atoms with van der Waals surface area (Å²) in [6.07, 6.45) is 4.60. The lowest BCUT2D eigenvalue weighted by molar-refractivity contribution is -0.134. The highest BCUT2D eigenvalue weighted by molar-refractivity contribution is 6.01. The summed E-state index contributed by atoms with van der Waals surface area (Å²) < 4.78 is 16.9. The molecule has 0 radical (unpaired) electrons. The topological polar surface area (TPSA) is 71.4 Å². The van der Waals surface area contributed by atoms with E-state index in [0.29, 0.717) is 24.5 Å². The van der Waals surface area contributed by atoms with Crippen LogP contribution < -0.4 is 4.74 Å². The number of nitrogens with zero attached hydrogens (tertiary/aromatic N) is 3. The fraction of sp³-hybridized carbons (Fsp3) is 0.333. The van der Waals surface area contributed by atoms with E-state index < -0.39 is 0 Å². The van der Waals surface area contributed by atoms with E-state index in [-0.39, 0.29) is 18.5 Å². The van der Waals surface area contributed by atoms with Crippen molar-refractivity contribution < 1.29 is 18.4 Å². The molecule has 1 amide bonds. The Balaban J connectivity index is 1.32. The van der Waals surface area contributed by atoms with E-state index in [1.165, 1.54) is 5.01 Å². The van der Waals surface area contributed by atoms with Crippen LogP contribution >= 0.6 is 0 Å². The molecule has 0 saturated carbocycles. The van der Waals surface area contributed by atoms with Crippen LogP contribution in [0.25, 0.3) is 0 Å². The lowest BCUT2D eigenvalue weighted by atomic mass is 10.1. The van der Waals surface area contributed by atoms with Crippen LogP contribution in [0.4, 0.5) is 0 Å². The number of rotatable bonds is 9. The third kappa shape index (κ3) is 5.06. The molecule has 7 nitrogen and oxygen atoms in total. The van der Waals surface area contributed by atoms with E-state index in [0.717, 1.165) is 30.0 Å². The number of likely N-dealkylation sites (N-methyl/N-ethyl adjacent to an activating group) is 1. The van der Waals surface area contributed by atoms with Gasteiger partial charge >= 0.3 is 0 Å². The number of furan rings is 2. The summed E-state index contributed by atoms with van der Waals surface area (Å²) in [6.45, 7) is 3.63. The van der Waals surface area contributed by atoms with Crippen LogP contribution in [0.1, 0.15) is 36.0 Å². The van der Waals surface area contributed by atoms with E-state index in [2.05, 4.69) is 5.10 Å². The molecule has 0 fully saturated rings. The first-order valence-corrected chi connectivity index (χ1v) is 10.5. The second kappa shape index (κ2) is 9.66. The highest BCUT2D eigenvalue weighted by atomic mass is 16.5. The molecule has 0 aliphatic carbocycles. The van der Waals surface area contributed by atoms with Gasteiger partial charge in [-0.15, -0.1) is 0 Å². The van der Waals surface area contributed by atoms with Gasteiger partial charge in [0.25, 0.3) is 5.91 Å². The minimum atomic E-state index is -0.264. The average molecular weight is 421 g/mol. The molecule has 0 N–H and O–H groups in total. The van der Waals surface area contributed by atoms with Crippen molar-refractivity contribution in [2.75, 3.05) is 26.7 Å². The third-order valence-corrected chi connectivity index (χ3v) is 5.28. The number of hydrogen-bond acceptors (Lipinski definition) is 6. The second-order valence-electron chi connectivity index (χ2n) is 7.70. The molecule has 0 bridgehead atoms. The van der Waals surface area contributed by atoms with Gasteiger partial charge in [0.1, 0.15) is 29.0 Å². The highest BCUT2D eigenvalue weighted by Crippen LogP contribution is 2.33. The van der Waals surface area contributed by atoms with E-state index >= 15 is 0 Å². The molecule has 1 aliphatic rings. The third-order valence-electron chi connectivity index (χ3n) is 5.28. The van der Waals surface area contributed by atoms with Crippen LogP contribution in [0.15, 0.2) is 75.0 Å². The number of hydrogen-bond donors (Lipinski definition) is 0. The highest BCUT2D eigenvalue weighted by Gasteiger charge is 2.35. The molecule has 162 valence electrons. The number of hydrazone groups is 1. The molecule has 1 atom stereocenters. The summed E-state index contributed by atoms with van der Waals surface area (Å²) in [6, 6.07) is 15.1. The number of amides is 1. The molecule has 4 rings (SSSR count). The van der Waals surface area contributed by atoms with E-state index in [4.69, 9.17) is 13.6 Å². The maximum atomic E-state index is 13.0. The Morgan fingerprint density at radius 1 is 1.16 bits per heavy atom. The van der Waals surface area contributed by atoms with Gasteiger partial charge in [0, 0.05) is 13.0 Å². The largest absolute Gasteiger partial charge is 0.493 e. The minimum Gasteiger partial charge on any atom is -0.493 e. The van der Waals surface area contributed by atoms with Crippen molar-refractivity contribution in [1.29, 1.82) is 0 Å². The predicted molar refractivity (Wildman–Crippen MR) is 117 cm³/mol. The first-order chi connectivity index (χ1) is 15.1. The van der Waals surface area contributed by atoms with Gasteiger partial charge in [0.2, 0.25) is 0 Å². The van der Waals surface area contributed by atoms with Crippen LogP contribution in [-0.4, -0.2) is 48.3 Å². The zero-order chi connectivity index (χ0) is 21.6. The normalized spacial score (nSPS) is 16.0. The number of para-hydroxylation sites is 1. The van der Waals surface area contributed by atoms with Crippen molar-refractivity contribution in [3.8, 4) is 5.75 Å². The minimum absolute atomic E-state index is 0.0784. The van der Waals surface area contributed by atoms with Crippen molar-refractivity contribution in [2.45, 2.75) is 25.8 Å². The summed E-state index contributed by atoms with van der Waals surface area (Å²) in [5, 5.41) is 6.09. The maximum Gasteiger partial charge on any atom is 0.257 e. The maximum absolute atomic E-state index is 13.0. The monoisotopic (exact) mass is 421 g/mol. The van der Waals surface area contributed by atoms with E-state index in [9.17, 15) is 4.79 Å². The molecule has 2 aromatic heterocycles. The Labute approximate surface area is 181 Å². The van der Waals surface area contributed by atoms with Crippen LogP contribution in [0.2, 0.25) is 0 Å². The molecular formula is C24H27N3O4. The quantitative estimate of drug-likeness (QED) is 0.483. The first-order valence-electron chi connectivity index (χ1n) is 10.5. The number of carbonyl (C=O) groups excluding carboxylic acids is 1. The molecule has 3 heterocycles. The molecule has 31 heavy (non-hydrogen) atoms. The fourth-order valence-corrected chi connectivity index (χ4v) is 3.65. The number of carbonyl (C=O) groups is 1. The summed E-state index contributed by atoms with van der Waals surface area (Å²) in [5.41, 5.74) is 1.86. The molecule has 7 heteroatoms. The van der Waals surface area contributed by atoms with Gasteiger partial charge in [-0.1, -0.05) is 18.2 Å². The van der Waals surface area contributed by atoms with Crippen LogP contribution in [0, 0.1) is 6.92 Å². The Morgan fingerprint density at radius 3 is 2.71 bits per heavy atom. The van der Waals surface area contributed by atoms with Crippen molar-refractivity contribution in [3.63, 3.8) is 0 Å². The van der Waals surface area contributed by atoms with E-state index in [1.807, 2.05) is 67.4 Å². The summed E-state index contributed by atoms with van der Waals surface area (Å²) in [4.78, 5) is 15.0. The van der Waals surface area contributed by atoms with Gasteiger partial charge in [0.05, 0.1) is 25.7 Å². The van der Waals surface area contributed by atoms with Gasteiger partial charge in [0.15, 0.2) is 0 Å². The standard InChI is InChI=1S/C24H27N3O4/c1-18-8-3-4-9-21(18)29-15-7-12-26(2)17-24(28)27-20(23-11-6-14-31-23)16-19(25-27)22-10-5-13-30-22/h3-6,8-11,13-14,20H,7,12,15-17H2,1-2H3. The van der Waals surface area contributed by atoms with Gasteiger partial charge in [-0.2, -0.15) is 5.10 Å². The zero-order valence-electron chi connectivity index (χ0n) is 17.9. The van der Waals surface area contributed by atoms with Crippen molar-refractivity contribution in [3.05, 3.63) is 78.1 Å². The molecule has 1 aromatic carbocycles. The van der Waals surface area contributed by atoms with Crippen molar-refractivity contribution in [1.82, 2.24) is 9.91 Å². The van der Waals surface area contributed by atoms with Crippen LogP contribution in [-0.2, 0) is 4.79 Å². The summed E-state index contributed by atoms with van der Waals surface area (Å²) >= 11 is 0. The number of aryl methyl sites for hydroxylation is 1. The van der Waals surface area contributed by atoms with Gasteiger partial charge in [-0.25, -0.2) is 5.01 Å². The average Bonchev–Trinajstić information content (AvgIpc) is 3.53. The van der Waals surface area contributed by atoms with Gasteiger partial charge < -0.3 is 13.6 Å². The lowest BCUT2D eigenvalue weighted by Gasteiger charge is -2.23. The van der Waals surface area contributed by atoms with E-state index in [1.54, 1.807) is 12.5 Å². The summed E-state index contributed by atoms with van der Waals surface area (Å²) in [7, 11) is 1.93. The van der Waals surface area contributed by atoms with Gasteiger partial charge in [-0.3, -0.25) is 9.69 Å². The van der Waals surface area contributed by atoms with Crippen molar-refractivity contribution >= 4 is 11.6 Å². The molecule has 0 spiro atoms. The SMILES string of the molecule is Cc1ccccc1OCCCN(C)CC(=O)N1N=C(c2ccco2)CC1c1ccco1. The predicted octanol–water partition coefficient (Wildman–Crippen LogP) is 4.26. The zero-order valence-corrected chi connectivity index (χ0v) is 17.9. The summed E-state index contributed by atoms with van der Waals surface area (Å²) in [5.74, 6) is 2.21. The van der Waals surface area contributed by atoms with Gasteiger partial charge in [-0.05, 0) is 56.3 Å². The smallest absolute Gasteiger partial charge is 0.257 e.